The van der Waals surface area contributed by atoms with Crippen molar-refractivity contribution in [1.82, 2.24) is 15.6 Å². The van der Waals surface area contributed by atoms with Crippen molar-refractivity contribution in [2.45, 2.75) is 39.8 Å². The summed E-state index contributed by atoms with van der Waals surface area (Å²) >= 11 is 0. The van der Waals surface area contributed by atoms with Crippen LogP contribution in [0, 0.1) is 12.8 Å². The van der Waals surface area contributed by atoms with Gasteiger partial charge in [0.25, 0.3) is 0 Å². The number of para-hydroxylation sites is 1. The van der Waals surface area contributed by atoms with Crippen molar-refractivity contribution in [3.8, 4) is 5.75 Å². The summed E-state index contributed by atoms with van der Waals surface area (Å²) in [4.78, 5) is 9.23. The van der Waals surface area contributed by atoms with Crippen molar-refractivity contribution < 1.29 is 4.74 Å². The van der Waals surface area contributed by atoms with Crippen molar-refractivity contribution in [3.63, 3.8) is 0 Å². The zero-order valence-corrected chi connectivity index (χ0v) is 18.4. The Balaban J connectivity index is 0.00000261. The Morgan fingerprint density at radius 1 is 1.15 bits per heavy atom. The second kappa shape index (κ2) is 11.1. The van der Waals surface area contributed by atoms with Crippen LogP contribution in [0.15, 0.2) is 47.5 Å². The molecule has 0 bridgehead atoms. The highest BCUT2D eigenvalue weighted by molar-refractivity contribution is 14.0. The number of aliphatic imine (C=N–C) groups is 1. The van der Waals surface area contributed by atoms with Gasteiger partial charge in [0, 0.05) is 17.8 Å². The summed E-state index contributed by atoms with van der Waals surface area (Å²) < 4.78 is 5.98. The number of hydrogen-bond donors (Lipinski definition) is 2. The minimum atomic E-state index is 0. The normalized spacial score (nSPS) is 13.6. The number of pyridine rings is 1. The lowest BCUT2D eigenvalue weighted by Crippen LogP contribution is -2.37. The number of guanidine groups is 1. The number of rotatable bonds is 8. The average Bonchev–Trinajstić information content (AvgIpc) is 3.47. The third kappa shape index (κ3) is 7.36. The molecule has 1 aliphatic carbocycles. The van der Waals surface area contributed by atoms with Crippen LogP contribution in [-0.2, 0) is 13.1 Å². The van der Waals surface area contributed by atoms with Crippen molar-refractivity contribution in [3.05, 3.63) is 59.4 Å². The zero-order chi connectivity index (χ0) is 18.2. The third-order valence-corrected chi connectivity index (χ3v) is 4.28. The van der Waals surface area contributed by atoms with Gasteiger partial charge in [0.15, 0.2) is 5.96 Å². The minimum Gasteiger partial charge on any atom is -0.493 e. The maximum atomic E-state index is 5.98. The predicted octanol–water partition coefficient (Wildman–Crippen LogP) is 4.05. The van der Waals surface area contributed by atoms with Gasteiger partial charge in [-0.1, -0.05) is 24.3 Å². The largest absolute Gasteiger partial charge is 0.493 e. The van der Waals surface area contributed by atoms with Gasteiger partial charge in [0.1, 0.15) is 5.75 Å². The van der Waals surface area contributed by atoms with Gasteiger partial charge < -0.3 is 15.4 Å². The summed E-state index contributed by atoms with van der Waals surface area (Å²) in [5, 5.41) is 6.64. The lowest BCUT2D eigenvalue weighted by Gasteiger charge is -2.13. The molecule has 146 valence electrons. The minimum absolute atomic E-state index is 0. The molecule has 0 unspecified atom stereocenters. The molecule has 0 atom stereocenters. The molecule has 2 N–H and O–H groups in total. The number of aromatic nitrogens is 1. The third-order valence-electron chi connectivity index (χ3n) is 4.28. The van der Waals surface area contributed by atoms with Gasteiger partial charge in [-0.05, 0) is 50.8 Å². The number of nitrogens with zero attached hydrogens (tertiary/aromatic N) is 2. The first-order chi connectivity index (χ1) is 12.7. The zero-order valence-electron chi connectivity index (χ0n) is 16.1. The maximum absolute atomic E-state index is 5.98. The van der Waals surface area contributed by atoms with E-state index >= 15 is 0 Å². The first-order valence-corrected chi connectivity index (χ1v) is 9.40. The molecule has 1 aromatic heterocycles. The highest BCUT2D eigenvalue weighted by Crippen LogP contribution is 2.30. The fourth-order valence-electron chi connectivity index (χ4n) is 2.65. The van der Waals surface area contributed by atoms with Crippen molar-refractivity contribution >= 4 is 29.9 Å². The number of aryl methyl sites for hydroxylation is 1. The van der Waals surface area contributed by atoms with Gasteiger partial charge in [0.05, 0.1) is 25.4 Å². The van der Waals surface area contributed by atoms with Gasteiger partial charge >= 0.3 is 0 Å². The van der Waals surface area contributed by atoms with Crippen LogP contribution < -0.4 is 15.4 Å². The smallest absolute Gasteiger partial charge is 0.191 e. The Kier molecular flexibility index (Phi) is 8.84. The first kappa shape index (κ1) is 21.5. The predicted molar refractivity (Wildman–Crippen MR) is 121 cm³/mol. The van der Waals surface area contributed by atoms with E-state index in [1.54, 1.807) is 0 Å². The summed E-state index contributed by atoms with van der Waals surface area (Å²) in [6.07, 6.45) is 2.59. The molecule has 0 saturated heterocycles. The number of halogens is 1. The molecule has 0 radical (unpaired) electrons. The Hall–Kier alpha value is -1.83. The maximum Gasteiger partial charge on any atom is 0.191 e. The fourth-order valence-corrected chi connectivity index (χ4v) is 2.65. The van der Waals surface area contributed by atoms with Gasteiger partial charge in [-0.2, -0.15) is 0 Å². The Labute approximate surface area is 179 Å². The molecule has 0 aliphatic heterocycles. The number of ether oxygens (including phenoxy) is 1. The van der Waals surface area contributed by atoms with Crippen LogP contribution in [-0.4, -0.2) is 24.1 Å². The molecule has 5 nitrogen and oxygen atoms in total. The van der Waals surface area contributed by atoms with Crippen molar-refractivity contribution in [1.29, 1.82) is 0 Å². The van der Waals surface area contributed by atoms with E-state index in [-0.39, 0.29) is 24.0 Å². The molecule has 1 aliphatic rings. The quantitative estimate of drug-likeness (QED) is 0.340. The molecule has 1 fully saturated rings. The van der Waals surface area contributed by atoms with Crippen LogP contribution in [0.5, 0.6) is 5.75 Å². The molecule has 1 aromatic carbocycles. The van der Waals surface area contributed by atoms with Crippen LogP contribution in [0.1, 0.15) is 36.7 Å². The van der Waals surface area contributed by atoms with Gasteiger partial charge in [-0.3, -0.25) is 4.98 Å². The molecule has 1 saturated carbocycles. The summed E-state index contributed by atoms with van der Waals surface area (Å²) in [5.41, 5.74) is 3.13. The molecular weight excluding hydrogens is 451 g/mol. The standard InChI is InChI=1S/C21H28N4O.HI/c1-3-22-21(24-14-19-9-6-7-16(2)25-19)23-13-18-8-4-5-10-20(18)26-15-17-11-12-17;/h4-10,17H,3,11-15H2,1-2H3,(H2,22,23,24);1H. The topological polar surface area (TPSA) is 58.5 Å². The lowest BCUT2D eigenvalue weighted by molar-refractivity contribution is 0.297. The van der Waals surface area contributed by atoms with Gasteiger partial charge in [0.2, 0.25) is 0 Å². The summed E-state index contributed by atoms with van der Waals surface area (Å²) in [5.74, 6) is 2.47. The van der Waals surface area contributed by atoms with E-state index in [9.17, 15) is 0 Å². The van der Waals surface area contributed by atoms with E-state index in [1.807, 2.05) is 43.3 Å². The molecular formula is C21H29IN4O. The van der Waals surface area contributed by atoms with Crippen molar-refractivity contribution in [2.24, 2.45) is 10.9 Å². The van der Waals surface area contributed by atoms with Crippen LogP contribution in [0.4, 0.5) is 0 Å². The Bertz CT molecular complexity index is 746. The van der Waals surface area contributed by atoms with Gasteiger partial charge in [-0.25, -0.2) is 4.99 Å². The second-order valence-electron chi connectivity index (χ2n) is 6.68. The van der Waals surface area contributed by atoms with E-state index in [2.05, 4.69) is 28.6 Å². The highest BCUT2D eigenvalue weighted by atomic mass is 127. The summed E-state index contributed by atoms with van der Waals surface area (Å²) in [6.45, 7) is 6.92. The monoisotopic (exact) mass is 480 g/mol. The first-order valence-electron chi connectivity index (χ1n) is 9.40. The molecule has 1 heterocycles. The molecule has 0 amide bonds. The van der Waals surface area contributed by atoms with E-state index in [0.717, 1.165) is 47.7 Å². The molecule has 0 spiro atoms. The number of benzene rings is 1. The van der Waals surface area contributed by atoms with E-state index in [0.29, 0.717) is 13.1 Å². The van der Waals surface area contributed by atoms with Gasteiger partial charge in [-0.15, -0.1) is 24.0 Å². The number of hydrogen-bond acceptors (Lipinski definition) is 3. The van der Waals surface area contributed by atoms with Crippen molar-refractivity contribution in [2.75, 3.05) is 13.2 Å². The van der Waals surface area contributed by atoms with E-state index in [4.69, 9.17) is 9.73 Å². The van der Waals surface area contributed by atoms with Crippen LogP contribution >= 0.6 is 24.0 Å². The van der Waals surface area contributed by atoms with E-state index < -0.39 is 0 Å². The molecule has 2 aromatic rings. The SMILES string of the molecule is CCNC(=NCc1ccccc1OCC1CC1)NCc1cccc(C)n1.I. The summed E-state index contributed by atoms with van der Waals surface area (Å²) in [7, 11) is 0. The number of nitrogens with one attached hydrogen (secondary N) is 2. The lowest BCUT2D eigenvalue weighted by atomic mass is 10.2. The molecule has 6 heteroatoms. The Morgan fingerprint density at radius 2 is 1.96 bits per heavy atom. The van der Waals surface area contributed by atoms with E-state index in [1.165, 1.54) is 12.8 Å². The van der Waals surface area contributed by atoms with Crippen LogP contribution in [0.3, 0.4) is 0 Å². The fraction of sp³-hybridized carbons (Fsp3) is 0.429. The molecule has 27 heavy (non-hydrogen) atoms. The molecule has 3 rings (SSSR count). The van der Waals surface area contributed by atoms with Crippen LogP contribution in [0.25, 0.3) is 0 Å². The van der Waals surface area contributed by atoms with Crippen LogP contribution in [0.2, 0.25) is 0 Å². The second-order valence-corrected chi connectivity index (χ2v) is 6.68. The Morgan fingerprint density at radius 3 is 2.70 bits per heavy atom. The highest BCUT2D eigenvalue weighted by Gasteiger charge is 2.22. The average molecular weight is 480 g/mol. The summed E-state index contributed by atoms with van der Waals surface area (Å²) in [6, 6.07) is 14.2.